The summed E-state index contributed by atoms with van der Waals surface area (Å²) in [5.74, 6) is 2.61. The van der Waals surface area contributed by atoms with Crippen molar-refractivity contribution in [1.29, 1.82) is 0 Å². The Morgan fingerprint density at radius 3 is 1.62 bits per heavy atom. The van der Waals surface area contributed by atoms with Crippen molar-refractivity contribution in [3.05, 3.63) is 29.8 Å². The van der Waals surface area contributed by atoms with Gasteiger partial charge in [-0.2, -0.15) is 0 Å². The average Bonchev–Trinajstić information content (AvgIpc) is 2.60. The summed E-state index contributed by atoms with van der Waals surface area (Å²) in [5, 5.41) is 0. The van der Waals surface area contributed by atoms with Crippen molar-refractivity contribution in [3.8, 4) is 0 Å². The normalized spacial score (nSPS) is 33.3. The molecule has 0 heterocycles. The molecule has 2 aliphatic carbocycles. The van der Waals surface area contributed by atoms with E-state index < -0.39 is 15.1 Å². The smallest absolute Gasteiger partial charge is 0.0936 e. The van der Waals surface area contributed by atoms with Crippen molar-refractivity contribution >= 4 is 10.2 Å². The van der Waals surface area contributed by atoms with Gasteiger partial charge in [-0.1, -0.05) is 57.7 Å². The minimum atomic E-state index is -9.56. The van der Waals surface area contributed by atoms with Crippen LogP contribution >= 0.6 is 10.2 Å². The van der Waals surface area contributed by atoms with Gasteiger partial charge in [0.1, 0.15) is 4.90 Å². The lowest BCUT2D eigenvalue weighted by Gasteiger charge is -2.41. The van der Waals surface area contributed by atoms with Gasteiger partial charge < -0.3 is 0 Å². The first kappa shape index (κ1) is 20.0. The van der Waals surface area contributed by atoms with Gasteiger partial charge in [0, 0.05) is 0 Å². The third-order valence-corrected chi connectivity index (χ3v) is 7.87. The van der Waals surface area contributed by atoms with Crippen LogP contribution in [-0.2, 0) is 0 Å². The molecule has 0 amide bonds. The SMILES string of the molecule is CCC1CCC(C2CCC(c3ccc(S(F)(F)(F)(F)F)cc3)CC2)CC1. The van der Waals surface area contributed by atoms with Gasteiger partial charge in [-0.15, -0.1) is 0 Å². The highest BCUT2D eigenvalue weighted by molar-refractivity contribution is 8.45. The van der Waals surface area contributed by atoms with Crippen LogP contribution in [0.2, 0.25) is 0 Å². The molecule has 0 atom stereocenters. The summed E-state index contributed by atoms with van der Waals surface area (Å²) in [6.45, 7) is 2.26. The molecule has 0 bridgehead atoms. The van der Waals surface area contributed by atoms with Crippen molar-refractivity contribution in [1.82, 2.24) is 0 Å². The first-order valence-electron chi connectivity index (χ1n) is 9.80. The van der Waals surface area contributed by atoms with E-state index in [1.54, 1.807) is 0 Å². The van der Waals surface area contributed by atoms with E-state index in [0.29, 0.717) is 12.1 Å². The van der Waals surface area contributed by atoms with Gasteiger partial charge in [0.2, 0.25) is 0 Å². The van der Waals surface area contributed by atoms with E-state index in [2.05, 4.69) is 6.92 Å². The summed E-state index contributed by atoms with van der Waals surface area (Å²) in [4.78, 5) is -1.78. The lowest BCUT2D eigenvalue weighted by Crippen LogP contribution is -2.25. The number of benzene rings is 1. The first-order valence-corrected chi connectivity index (χ1v) is 11.8. The molecule has 0 saturated heterocycles. The van der Waals surface area contributed by atoms with Crippen molar-refractivity contribution in [3.63, 3.8) is 0 Å². The summed E-state index contributed by atoms with van der Waals surface area (Å²) >= 11 is 0. The van der Waals surface area contributed by atoms with Crippen LogP contribution in [-0.4, -0.2) is 0 Å². The van der Waals surface area contributed by atoms with E-state index in [-0.39, 0.29) is 5.92 Å². The van der Waals surface area contributed by atoms with Crippen LogP contribution in [0.1, 0.15) is 76.2 Å². The minimum absolute atomic E-state index is 0.200. The molecule has 2 fully saturated rings. The van der Waals surface area contributed by atoms with E-state index in [1.165, 1.54) is 44.2 Å². The van der Waals surface area contributed by atoms with Crippen molar-refractivity contribution in [2.24, 2.45) is 17.8 Å². The molecule has 26 heavy (non-hydrogen) atoms. The van der Waals surface area contributed by atoms with Crippen LogP contribution < -0.4 is 0 Å². The molecule has 2 saturated carbocycles. The topological polar surface area (TPSA) is 0 Å². The molecule has 1 aromatic rings. The van der Waals surface area contributed by atoms with Crippen LogP contribution in [0.15, 0.2) is 29.2 Å². The average molecular weight is 397 g/mol. The Hall–Kier alpha value is -0.780. The zero-order valence-corrected chi connectivity index (χ0v) is 16.1. The van der Waals surface area contributed by atoms with Crippen LogP contribution in [0.5, 0.6) is 0 Å². The van der Waals surface area contributed by atoms with E-state index in [9.17, 15) is 19.4 Å². The molecule has 3 rings (SSSR count). The van der Waals surface area contributed by atoms with Gasteiger partial charge in [-0.25, -0.2) is 0 Å². The Morgan fingerprint density at radius 1 is 0.731 bits per heavy atom. The fourth-order valence-electron chi connectivity index (χ4n) is 4.99. The number of halogens is 5. The Balaban J connectivity index is 1.57. The number of hydrogen-bond acceptors (Lipinski definition) is 0. The fraction of sp³-hybridized carbons (Fsp3) is 0.700. The second-order valence-electron chi connectivity index (χ2n) is 8.34. The van der Waals surface area contributed by atoms with Crippen LogP contribution in [0, 0.1) is 17.8 Å². The van der Waals surface area contributed by atoms with E-state index >= 15 is 0 Å². The monoisotopic (exact) mass is 396 g/mol. The molecular formula is C20H29F5S. The van der Waals surface area contributed by atoms with E-state index in [4.69, 9.17) is 0 Å². The largest absolute Gasteiger partial charge is 0.310 e. The lowest BCUT2D eigenvalue weighted by molar-refractivity contribution is 0.158. The molecule has 150 valence electrons. The molecule has 0 unspecified atom stereocenters. The van der Waals surface area contributed by atoms with Gasteiger partial charge in [-0.3, -0.25) is 0 Å². The Bertz CT molecular complexity index is 606. The van der Waals surface area contributed by atoms with Gasteiger partial charge in [0.15, 0.2) is 0 Å². The van der Waals surface area contributed by atoms with Gasteiger partial charge >= 0.3 is 10.2 Å². The summed E-state index contributed by atoms with van der Waals surface area (Å²) < 4.78 is 64.2. The zero-order chi connectivity index (χ0) is 19.1. The van der Waals surface area contributed by atoms with Crippen molar-refractivity contribution in [2.45, 2.75) is 75.5 Å². The molecule has 0 spiro atoms. The standard InChI is InChI=1S/C20H29F5S/c1-2-15-3-5-16(6-4-15)17-7-9-18(10-8-17)19-11-13-20(14-12-19)26(21,22,23,24)25/h11-18H,2-10H2,1H3. The molecule has 2 aliphatic rings. The second kappa shape index (κ2) is 6.39. The maximum Gasteiger partial charge on any atom is 0.310 e. The molecule has 0 nitrogen and oxygen atoms in total. The second-order valence-corrected chi connectivity index (χ2v) is 10.7. The van der Waals surface area contributed by atoms with Crippen LogP contribution in [0.25, 0.3) is 0 Å². The van der Waals surface area contributed by atoms with Crippen LogP contribution in [0.3, 0.4) is 0 Å². The van der Waals surface area contributed by atoms with E-state index in [0.717, 1.165) is 49.0 Å². The zero-order valence-electron chi connectivity index (χ0n) is 15.3. The molecular weight excluding hydrogens is 367 g/mol. The summed E-state index contributed by atoms with van der Waals surface area (Å²) in [7, 11) is -9.56. The van der Waals surface area contributed by atoms with Gasteiger partial charge in [0.25, 0.3) is 0 Å². The highest BCUT2D eigenvalue weighted by atomic mass is 32.5. The Morgan fingerprint density at radius 2 is 1.19 bits per heavy atom. The lowest BCUT2D eigenvalue weighted by atomic mass is 9.68. The highest BCUT2D eigenvalue weighted by Gasteiger charge is 2.65. The third kappa shape index (κ3) is 4.73. The number of rotatable bonds is 4. The Kier molecular flexibility index (Phi) is 4.90. The number of hydrogen-bond donors (Lipinski definition) is 0. The van der Waals surface area contributed by atoms with Crippen molar-refractivity contribution in [2.75, 3.05) is 0 Å². The molecule has 0 N–H and O–H groups in total. The fourth-order valence-corrected chi connectivity index (χ4v) is 5.64. The quantitative estimate of drug-likeness (QED) is 0.446. The predicted molar refractivity (Wildman–Crippen MR) is 98.3 cm³/mol. The third-order valence-electron chi connectivity index (χ3n) is 6.70. The maximum atomic E-state index is 12.8. The minimum Gasteiger partial charge on any atom is -0.0936 e. The van der Waals surface area contributed by atoms with Gasteiger partial charge in [0.05, 0.1) is 0 Å². The predicted octanol–water partition coefficient (Wildman–Crippen LogP) is 8.83. The summed E-state index contributed by atoms with van der Waals surface area (Å²) in [6.07, 6.45) is 10.7. The highest BCUT2D eigenvalue weighted by Crippen LogP contribution is 3.02. The molecule has 0 aliphatic heterocycles. The van der Waals surface area contributed by atoms with Gasteiger partial charge in [-0.05, 0) is 79.9 Å². The maximum absolute atomic E-state index is 12.8. The first-order chi connectivity index (χ1) is 12.0. The molecule has 1 aromatic carbocycles. The van der Waals surface area contributed by atoms with E-state index in [1.807, 2.05) is 0 Å². The molecule has 0 radical (unpaired) electrons. The Labute approximate surface area is 153 Å². The van der Waals surface area contributed by atoms with Crippen molar-refractivity contribution < 1.29 is 19.4 Å². The molecule has 6 heteroatoms. The summed E-state index contributed by atoms with van der Waals surface area (Å²) in [6, 6.07) is 3.64. The molecule has 0 aromatic heterocycles. The summed E-state index contributed by atoms with van der Waals surface area (Å²) in [5.41, 5.74) is 0.767. The van der Waals surface area contributed by atoms with Crippen LogP contribution in [0.4, 0.5) is 19.4 Å².